The molecule has 2 heterocycles. The molecule has 0 saturated heterocycles. The Labute approximate surface area is 135 Å². The van der Waals surface area contributed by atoms with Gasteiger partial charge in [0.2, 0.25) is 5.91 Å². The highest BCUT2D eigenvalue weighted by Crippen LogP contribution is 2.29. The first-order valence-electron chi connectivity index (χ1n) is 6.20. The fourth-order valence-corrected chi connectivity index (χ4v) is 3.29. The fourth-order valence-electron chi connectivity index (χ4n) is 2.03. The Morgan fingerprint density at radius 2 is 2.24 bits per heavy atom. The fraction of sp³-hybridized carbons (Fsp3) is 0.143. The van der Waals surface area contributed by atoms with Gasteiger partial charge in [-0.3, -0.25) is 9.20 Å². The molecule has 1 N–H and O–H groups in total. The second kappa shape index (κ2) is 5.67. The molecule has 3 aromatic rings. The normalized spacial score (nSPS) is 11.0. The summed E-state index contributed by atoms with van der Waals surface area (Å²) in [5.74, 6) is -0.148. The standard InChI is InChI=1S/C14H11Cl2N3OS/c1-8-6-19-9(7-21-14(19)17-8)5-12(20)18-11-4-2-3-10(15)13(11)16/h2-4,6-7H,5H2,1H3,(H,18,20). The first-order chi connectivity index (χ1) is 10.0. The van der Waals surface area contributed by atoms with Gasteiger partial charge in [0.15, 0.2) is 4.96 Å². The van der Waals surface area contributed by atoms with E-state index < -0.39 is 0 Å². The van der Waals surface area contributed by atoms with Gasteiger partial charge in [-0.2, -0.15) is 0 Å². The smallest absolute Gasteiger partial charge is 0.230 e. The molecule has 21 heavy (non-hydrogen) atoms. The summed E-state index contributed by atoms with van der Waals surface area (Å²) in [5.41, 5.74) is 2.34. The highest BCUT2D eigenvalue weighted by atomic mass is 35.5. The van der Waals surface area contributed by atoms with Crippen molar-refractivity contribution >= 4 is 51.1 Å². The Hall–Kier alpha value is -1.56. The van der Waals surface area contributed by atoms with Gasteiger partial charge in [0, 0.05) is 17.3 Å². The van der Waals surface area contributed by atoms with E-state index in [1.165, 1.54) is 11.3 Å². The Balaban J connectivity index is 1.79. The largest absolute Gasteiger partial charge is 0.324 e. The number of imidazole rings is 1. The van der Waals surface area contributed by atoms with E-state index in [0.717, 1.165) is 16.3 Å². The summed E-state index contributed by atoms with van der Waals surface area (Å²) in [7, 11) is 0. The van der Waals surface area contributed by atoms with Crippen LogP contribution in [-0.4, -0.2) is 15.3 Å². The number of hydrogen-bond acceptors (Lipinski definition) is 3. The van der Waals surface area contributed by atoms with Gasteiger partial charge in [-0.15, -0.1) is 11.3 Å². The van der Waals surface area contributed by atoms with Crippen molar-refractivity contribution in [3.8, 4) is 0 Å². The van der Waals surface area contributed by atoms with E-state index >= 15 is 0 Å². The van der Waals surface area contributed by atoms with Gasteiger partial charge in [-0.25, -0.2) is 4.98 Å². The van der Waals surface area contributed by atoms with Crippen molar-refractivity contribution in [2.75, 3.05) is 5.32 Å². The molecule has 0 bridgehead atoms. The topological polar surface area (TPSA) is 46.4 Å². The van der Waals surface area contributed by atoms with Crippen LogP contribution in [0.5, 0.6) is 0 Å². The van der Waals surface area contributed by atoms with Crippen molar-refractivity contribution in [2.24, 2.45) is 0 Å². The van der Waals surface area contributed by atoms with Gasteiger partial charge < -0.3 is 5.32 Å². The molecule has 4 nitrogen and oxygen atoms in total. The average molecular weight is 340 g/mol. The summed E-state index contributed by atoms with van der Waals surface area (Å²) in [6, 6.07) is 5.14. The number of carbonyl (C=O) groups is 1. The number of anilines is 1. The molecule has 1 aromatic carbocycles. The molecule has 3 rings (SSSR count). The van der Waals surface area contributed by atoms with Crippen LogP contribution in [0.25, 0.3) is 4.96 Å². The quantitative estimate of drug-likeness (QED) is 0.777. The molecule has 0 saturated carbocycles. The Kier molecular flexibility index (Phi) is 3.89. The summed E-state index contributed by atoms with van der Waals surface area (Å²) in [6.45, 7) is 1.93. The lowest BCUT2D eigenvalue weighted by molar-refractivity contribution is -0.115. The van der Waals surface area contributed by atoms with Crippen LogP contribution in [0.2, 0.25) is 10.0 Å². The number of hydrogen-bond donors (Lipinski definition) is 1. The SMILES string of the molecule is Cc1cn2c(CC(=O)Nc3cccc(Cl)c3Cl)csc2n1. The number of rotatable bonds is 3. The second-order valence-electron chi connectivity index (χ2n) is 4.59. The van der Waals surface area contributed by atoms with Gasteiger partial charge in [-0.05, 0) is 19.1 Å². The van der Waals surface area contributed by atoms with Gasteiger partial charge in [0.25, 0.3) is 0 Å². The predicted octanol–water partition coefficient (Wildman–Crippen LogP) is 4.19. The first kappa shape index (κ1) is 14.4. The summed E-state index contributed by atoms with van der Waals surface area (Å²) in [5, 5.41) is 5.47. The number of halogens is 2. The highest BCUT2D eigenvalue weighted by molar-refractivity contribution is 7.15. The van der Waals surface area contributed by atoms with Crippen LogP contribution in [0, 0.1) is 6.92 Å². The van der Waals surface area contributed by atoms with E-state index in [4.69, 9.17) is 23.2 Å². The van der Waals surface area contributed by atoms with Crippen molar-refractivity contribution in [3.05, 3.63) is 51.2 Å². The Morgan fingerprint density at radius 1 is 1.43 bits per heavy atom. The third kappa shape index (κ3) is 2.90. The maximum Gasteiger partial charge on any atom is 0.230 e. The lowest BCUT2D eigenvalue weighted by Crippen LogP contribution is -2.15. The van der Waals surface area contributed by atoms with E-state index in [1.807, 2.05) is 22.9 Å². The second-order valence-corrected chi connectivity index (χ2v) is 6.21. The molecule has 0 radical (unpaired) electrons. The molecule has 0 aliphatic rings. The molecule has 7 heteroatoms. The molecular weight excluding hydrogens is 329 g/mol. The summed E-state index contributed by atoms with van der Waals surface area (Å²) in [4.78, 5) is 17.4. The number of fused-ring (bicyclic) bond motifs is 1. The molecule has 0 fully saturated rings. The first-order valence-corrected chi connectivity index (χ1v) is 7.84. The number of aryl methyl sites for hydroxylation is 1. The average Bonchev–Trinajstić information content (AvgIpc) is 2.96. The van der Waals surface area contributed by atoms with Crippen molar-refractivity contribution in [1.29, 1.82) is 0 Å². The third-order valence-corrected chi connectivity index (χ3v) is 4.68. The van der Waals surface area contributed by atoms with Crippen molar-refractivity contribution < 1.29 is 4.79 Å². The highest BCUT2D eigenvalue weighted by Gasteiger charge is 2.12. The van der Waals surface area contributed by atoms with E-state index in [1.54, 1.807) is 18.2 Å². The molecule has 0 aliphatic carbocycles. The van der Waals surface area contributed by atoms with Crippen molar-refractivity contribution in [2.45, 2.75) is 13.3 Å². The van der Waals surface area contributed by atoms with Gasteiger partial charge in [-0.1, -0.05) is 29.3 Å². The molecule has 0 unspecified atom stereocenters. The maximum atomic E-state index is 12.2. The molecule has 108 valence electrons. The number of carbonyl (C=O) groups excluding carboxylic acids is 1. The molecule has 0 atom stereocenters. The van der Waals surface area contributed by atoms with Gasteiger partial charge >= 0.3 is 0 Å². The van der Waals surface area contributed by atoms with Crippen LogP contribution in [0.15, 0.2) is 29.8 Å². The Morgan fingerprint density at radius 3 is 3.05 bits per heavy atom. The van der Waals surface area contributed by atoms with E-state index in [9.17, 15) is 4.79 Å². The van der Waals surface area contributed by atoms with E-state index in [-0.39, 0.29) is 12.3 Å². The lowest BCUT2D eigenvalue weighted by Gasteiger charge is -2.07. The van der Waals surface area contributed by atoms with Crippen LogP contribution in [0.1, 0.15) is 11.4 Å². The minimum atomic E-state index is -0.148. The summed E-state index contributed by atoms with van der Waals surface area (Å²) in [6.07, 6.45) is 2.17. The molecule has 0 aliphatic heterocycles. The van der Waals surface area contributed by atoms with Gasteiger partial charge in [0.05, 0.1) is 27.8 Å². The molecular formula is C14H11Cl2N3OS. The zero-order valence-electron chi connectivity index (χ0n) is 11.1. The van der Waals surface area contributed by atoms with Crippen LogP contribution < -0.4 is 5.32 Å². The summed E-state index contributed by atoms with van der Waals surface area (Å²) >= 11 is 13.5. The van der Waals surface area contributed by atoms with E-state index in [2.05, 4.69) is 10.3 Å². The number of nitrogens with one attached hydrogen (secondary N) is 1. The maximum absolute atomic E-state index is 12.2. The minimum absolute atomic E-state index is 0.148. The predicted molar refractivity (Wildman–Crippen MR) is 86.6 cm³/mol. The number of benzene rings is 1. The number of nitrogens with zero attached hydrogens (tertiary/aromatic N) is 2. The molecule has 1 amide bonds. The Bertz CT molecular complexity index is 825. The third-order valence-electron chi connectivity index (χ3n) is 2.97. The minimum Gasteiger partial charge on any atom is -0.324 e. The number of thiazole rings is 1. The van der Waals surface area contributed by atoms with Crippen molar-refractivity contribution in [1.82, 2.24) is 9.38 Å². The lowest BCUT2D eigenvalue weighted by atomic mass is 10.2. The molecule has 2 aromatic heterocycles. The summed E-state index contributed by atoms with van der Waals surface area (Å²) < 4.78 is 1.93. The van der Waals surface area contributed by atoms with Crippen LogP contribution >= 0.6 is 34.5 Å². The monoisotopic (exact) mass is 339 g/mol. The van der Waals surface area contributed by atoms with Gasteiger partial charge in [0.1, 0.15) is 0 Å². The van der Waals surface area contributed by atoms with Crippen LogP contribution in [-0.2, 0) is 11.2 Å². The zero-order valence-corrected chi connectivity index (χ0v) is 13.4. The number of aromatic nitrogens is 2. The van der Waals surface area contributed by atoms with Crippen LogP contribution in [0.4, 0.5) is 5.69 Å². The van der Waals surface area contributed by atoms with Crippen molar-refractivity contribution in [3.63, 3.8) is 0 Å². The number of amides is 1. The van der Waals surface area contributed by atoms with Crippen LogP contribution in [0.3, 0.4) is 0 Å². The zero-order chi connectivity index (χ0) is 15.0. The molecule has 0 spiro atoms. The van der Waals surface area contributed by atoms with E-state index in [0.29, 0.717) is 15.7 Å².